The predicted octanol–water partition coefficient (Wildman–Crippen LogP) is 5.16. The molecule has 9 heteroatoms. The smallest absolute Gasteiger partial charge is 0.313 e. The van der Waals surface area contributed by atoms with Crippen LogP contribution < -0.4 is 5.32 Å². The van der Waals surface area contributed by atoms with Gasteiger partial charge in [-0.05, 0) is 53.9 Å². The number of rotatable bonds is 5. The summed E-state index contributed by atoms with van der Waals surface area (Å²) in [5.74, 6) is 0.376. The van der Waals surface area contributed by atoms with Crippen molar-refractivity contribution in [3.8, 4) is 33.6 Å². The number of hydrogen-bond acceptors (Lipinski definition) is 5. The van der Waals surface area contributed by atoms with Crippen molar-refractivity contribution < 1.29 is 18.0 Å². The number of amides is 1. The van der Waals surface area contributed by atoms with Crippen LogP contribution in [0.3, 0.4) is 0 Å². The molecule has 0 aliphatic rings. The SMILES string of the molecule is Cc1ccc(-c2ccnc(C(F)(F)F)c2)cc1-c1cncc(-c2ccnc(NC=O)c2)n1. The van der Waals surface area contributed by atoms with E-state index in [1.54, 1.807) is 42.9 Å². The number of aromatic nitrogens is 4. The Morgan fingerprint density at radius 3 is 2.38 bits per heavy atom. The van der Waals surface area contributed by atoms with E-state index in [9.17, 15) is 18.0 Å². The van der Waals surface area contributed by atoms with Gasteiger partial charge in [0.1, 0.15) is 11.5 Å². The molecule has 0 atom stereocenters. The Bertz CT molecular complexity index is 1290. The molecule has 1 N–H and O–H groups in total. The fraction of sp³-hybridized carbons (Fsp3) is 0.0870. The molecule has 1 aromatic carbocycles. The second-order valence-electron chi connectivity index (χ2n) is 6.94. The molecule has 0 saturated heterocycles. The summed E-state index contributed by atoms with van der Waals surface area (Å²) in [5, 5.41) is 2.49. The third kappa shape index (κ3) is 4.46. The van der Waals surface area contributed by atoms with E-state index in [4.69, 9.17) is 0 Å². The number of nitrogens with one attached hydrogen (secondary N) is 1. The molecule has 6 nitrogen and oxygen atoms in total. The van der Waals surface area contributed by atoms with Crippen molar-refractivity contribution in [1.82, 2.24) is 19.9 Å². The molecule has 0 fully saturated rings. The van der Waals surface area contributed by atoms with Crippen molar-refractivity contribution in [2.45, 2.75) is 13.1 Å². The van der Waals surface area contributed by atoms with E-state index in [1.807, 2.05) is 13.0 Å². The molecule has 0 spiro atoms. The minimum atomic E-state index is -4.52. The molecule has 3 heterocycles. The summed E-state index contributed by atoms with van der Waals surface area (Å²) in [6, 6.07) is 11.3. The van der Waals surface area contributed by atoms with Gasteiger partial charge in [0.15, 0.2) is 0 Å². The summed E-state index contributed by atoms with van der Waals surface area (Å²) in [6.07, 6.45) is 1.88. The van der Waals surface area contributed by atoms with Gasteiger partial charge >= 0.3 is 6.18 Å². The molecular formula is C23H16F3N5O. The molecule has 3 aromatic heterocycles. The van der Waals surface area contributed by atoms with Crippen LogP contribution in [0.15, 0.2) is 67.3 Å². The number of nitrogens with zero attached hydrogens (tertiary/aromatic N) is 4. The maximum absolute atomic E-state index is 13.1. The normalized spacial score (nSPS) is 11.2. The maximum atomic E-state index is 13.1. The highest BCUT2D eigenvalue weighted by Gasteiger charge is 2.32. The van der Waals surface area contributed by atoms with Gasteiger partial charge < -0.3 is 5.32 Å². The molecule has 0 bridgehead atoms. The largest absolute Gasteiger partial charge is 0.433 e. The third-order valence-electron chi connectivity index (χ3n) is 4.79. The second-order valence-corrected chi connectivity index (χ2v) is 6.94. The van der Waals surface area contributed by atoms with Gasteiger partial charge in [0.2, 0.25) is 6.41 Å². The first-order valence-corrected chi connectivity index (χ1v) is 9.48. The second kappa shape index (κ2) is 8.54. The van der Waals surface area contributed by atoms with Crippen molar-refractivity contribution in [1.29, 1.82) is 0 Å². The fourth-order valence-corrected chi connectivity index (χ4v) is 3.21. The summed E-state index contributed by atoms with van der Waals surface area (Å²) in [7, 11) is 0. The topological polar surface area (TPSA) is 80.7 Å². The van der Waals surface area contributed by atoms with Crippen LogP contribution in [0.25, 0.3) is 33.6 Å². The summed E-state index contributed by atoms with van der Waals surface area (Å²) >= 11 is 0. The van der Waals surface area contributed by atoms with Gasteiger partial charge in [-0.3, -0.25) is 14.8 Å². The van der Waals surface area contributed by atoms with E-state index in [1.165, 1.54) is 6.07 Å². The number of benzene rings is 1. The number of alkyl halides is 3. The number of halogens is 3. The number of carbonyl (C=O) groups excluding carboxylic acids is 1. The molecule has 160 valence electrons. The van der Waals surface area contributed by atoms with Crippen molar-refractivity contribution in [2.24, 2.45) is 0 Å². The molecule has 0 aliphatic carbocycles. The average Bonchev–Trinajstić information content (AvgIpc) is 2.79. The number of pyridine rings is 2. The van der Waals surface area contributed by atoms with Gasteiger partial charge in [0.05, 0.1) is 23.8 Å². The highest BCUT2D eigenvalue weighted by molar-refractivity contribution is 5.76. The summed E-state index contributed by atoms with van der Waals surface area (Å²) in [4.78, 5) is 27.1. The van der Waals surface area contributed by atoms with Crippen molar-refractivity contribution in [3.05, 3.63) is 78.5 Å². The van der Waals surface area contributed by atoms with Gasteiger partial charge in [-0.15, -0.1) is 0 Å². The zero-order valence-corrected chi connectivity index (χ0v) is 16.8. The predicted molar refractivity (Wildman–Crippen MR) is 113 cm³/mol. The maximum Gasteiger partial charge on any atom is 0.433 e. The summed E-state index contributed by atoms with van der Waals surface area (Å²) < 4.78 is 39.2. The van der Waals surface area contributed by atoms with Gasteiger partial charge in [0, 0.05) is 23.5 Å². The number of carbonyl (C=O) groups is 1. The standard InChI is InChI=1S/C23H16F3N5O/c1-14-2-3-15(16-4-6-28-21(9-16)23(24,25)26)8-18(14)20-12-27-11-19(31-20)17-5-7-29-22(10-17)30-13-32/h2-13H,1H3,(H,29,30,32). The summed E-state index contributed by atoms with van der Waals surface area (Å²) in [5.41, 5.74) is 3.52. The Morgan fingerprint density at radius 2 is 1.59 bits per heavy atom. The van der Waals surface area contributed by atoms with Crippen LogP contribution >= 0.6 is 0 Å². The van der Waals surface area contributed by atoms with E-state index < -0.39 is 11.9 Å². The van der Waals surface area contributed by atoms with Crippen LogP contribution in [0.4, 0.5) is 19.0 Å². The molecular weight excluding hydrogens is 419 g/mol. The highest BCUT2D eigenvalue weighted by Crippen LogP contribution is 2.33. The zero-order valence-electron chi connectivity index (χ0n) is 16.8. The Labute approximate surface area is 181 Å². The minimum Gasteiger partial charge on any atom is -0.313 e. The van der Waals surface area contributed by atoms with E-state index >= 15 is 0 Å². The van der Waals surface area contributed by atoms with Crippen molar-refractivity contribution in [3.63, 3.8) is 0 Å². The van der Waals surface area contributed by atoms with E-state index in [2.05, 4.69) is 25.3 Å². The first kappa shape index (κ1) is 21.1. The Balaban J connectivity index is 1.75. The zero-order chi connectivity index (χ0) is 22.7. The first-order valence-electron chi connectivity index (χ1n) is 9.48. The number of aryl methyl sites for hydroxylation is 1. The minimum absolute atomic E-state index is 0.376. The number of hydrogen-bond donors (Lipinski definition) is 1. The lowest BCUT2D eigenvalue weighted by Crippen LogP contribution is -2.07. The third-order valence-corrected chi connectivity index (χ3v) is 4.79. The average molecular weight is 435 g/mol. The quantitative estimate of drug-likeness (QED) is 0.438. The Morgan fingerprint density at radius 1 is 0.875 bits per heavy atom. The Kier molecular flexibility index (Phi) is 5.63. The number of anilines is 1. The first-order chi connectivity index (χ1) is 15.3. The molecule has 1 amide bonds. The van der Waals surface area contributed by atoms with Gasteiger partial charge in [-0.1, -0.05) is 12.1 Å². The van der Waals surface area contributed by atoms with Crippen LogP contribution in [0.1, 0.15) is 11.3 Å². The lowest BCUT2D eigenvalue weighted by Gasteiger charge is -2.12. The highest BCUT2D eigenvalue weighted by atomic mass is 19.4. The van der Waals surface area contributed by atoms with Crippen LogP contribution in [-0.2, 0) is 11.0 Å². The van der Waals surface area contributed by atoms with E-state index in [-0.39, 0.29) is 0 Å². The van der Waals surface area contributed by atoms with Gasteiger partial charge in [-0.25, -0.2) is 9.97 Å². The lowest BCUT2D eigenvalue weighted by molar-refractivity contribution is -0.141. The Hall–Kier alpha value is -4.14. The molecule has 4 rings (SSSR count). The summed E-state index contributed by atoms with van der Waals surface area (Å²) in [6.45, 7) is 1.89. The van der Waals surface area contributed by atoms with Crippen molar-refractivity contribution >= 4 is 12.2 Å². The molecule has 0 unspecified atom stereocenters. The molecule has 0 radical (unpaired) electrons. The monoisotopic (exact) mass is 435 g/mol. The van der Waals surface area contributed by atoms with Crippen LogP contribution in [0.5, 0.6) is 0 Å². The molecule has 32 heavy (non-hydrogen) atoms. The van der Waals surface area contributed by atoms with Crippen LogP contribution in [-0.4, -0.2) is 26.3 Å². The van der Waals surface area contributed by atoms with E-state index in [0.717, 1.165) is 23.4 Å². The molecule has 0 saturated carbocycles. The van der Waals surface area contributed by atoms with Gasteiger partial charge in [0.25, 0.3) is 0 Å². The van der Waals surface area contributed by atoms with E-state index in [0.29, 0.717) is 40.3 Å². The van der Waals surface area contributed by atoms with Crippen LogP contribution in [0.2, 0.25) is 0 Å². The molecule has 4 aromatic rings. The molecule has 0 aliphatic heterocycles. The van der Waals surface area contributed by atoms with Crippen molar-refractivity contribution in [2.75, 3.05) is 5.32 Å². The van der Waals surface area contributed by atoms with Crippen LogP contribution in [0, 0.1) is 6.92 Å². The lowest BCUT2D eigenvalue weighted by atomic mass is 9.98. The fourth-order valence-electron chi connectivity index (χ4n) is 3.21. The van der Waals surface area contributed by atoms with Gasteiger partial charge in [-0.2, -0.15) is 13.2 Å².